The van der Waals surface area contributed by atoms with Crippen LogP contribution in [0.3, 0.4) is 0 Å². The highest BCUT2D eigenvalue weighted by atomic mass is 32.1. The number of thiophene rings is 1. The van der Waals surface area contributed by atoms with Gasteiger partial charge in [-0.05, 0) is 69.0 Å². The molecule has 152 valence electrons. The molecule has 0 saturated carbocycles. The first kappa shape index (κ1) is 21.2. The van der Waals surface area contributed by atoms with Crippen LogP contribution < -0.4 is 10.6 Å². The van der Waals surface area contributed by atoms with E-state index in [0.717, 1.165) is 42.4 Å². The van der Waals surface area contributed by atoms with E-state index in [1.165, 1.54) is 22.3 Å². The number of esters is 1. The number of hydrogen-bond donors (Lipinski definition) is 2. The first-order chi connectivity index (χ1) is 14.0. The lowest BCUT2D eigenvalue weighted by molar-refractivity contribution is -0.115. The quantitative estimate of drug-likeness (QED) is 0.413. The van der Waals surface area contributed by atoms with Crippen molar-refractivity contribution < 1.29 is 14.3 Å². The van der Waals surface area contributed by atoms with Crippen LogP contribution in [0.15, 0.2) is 30.3 Å². The van der Waals surface area contributed by atoms with Crippen LogP contribution in [-0.2, 0) is 22.4 Å². The first-order valence-corrected chi connectivity index (χ1v) is 10.9. The number of benzene rings is 1. The molecule has 0 radical (unpaired) electrons. The van der Waals surface area contributed by atoms with Crippen molar-refractivity contribution in [2.45, 2.75) is 39.5 Å². The molecule has 0 atom stereocenters. The third-order valence-corrected chi connectivity index (χ3v) is 6.03. The molecule has 1 aromatic carbocycles. The summed E-state index contributed by atoms with van der Waals surface area (Å²) in [5.74, 6) is -0.676. The van der Waals surface area contributed by atoms with E-state index in [2.05, 4.69) is 10.6 Å². The molecule has 0 spiro atoms. The van der Waals surface area contributed by atoms with E-state index in [1.54, 1.807) is 13.0 Å². The fourth-order valence-electron chi connectivity index (χ4n) is 3.21. The predicted octanol–water partition coefficient (Wildman–Crippen LogP) is 4.64. The lowest BCUT2D eigenvalue weighted by atomic mass is 9.95. The van der Waals surface area contributed by atoms with Gasteiger partial charge in [0.1, 0.15) is 5.00 Å². The van der Waals surface area contributed by atoms with E-state index in [0.29, 0.717) is 17.2 Å². The zero-order chi connectivity index (χ0) is 20.8. The highest BCUT2D eigenvalue weighted by Gasteiger charge is 2.26. The van der Waals surface area contributed by atoms with Crippen molar-refractivity contribution in [3.8, 4) is 0 Å². The van der Waals surface area contributed by atoms with Crippen LogP contribution in [0, 0.1) is 6.92 Å². The second-order valence-electron chi connectivity index (χ2n) is 6.82. The summed E-state index contributed by atoms with van der Waals surface area (Å²) in [6.45, 7) is 4.11. The minimum Gasteiger partial charge on any atom is -0.462 e. The molecule has 2 N–H and O–H groups in total. The number of thiocarbonyl (C=S) groups is 1. The Balaban J connectivity index is 1.68. The number of fused-ring (bicyclic) bond motifs is 1. The molecule has 29 heavy (non-hydrogen) atoms. The zero-order valence-electron chi connectivity index (χ0n) is 16.5. The van der Waals surface area contributed by atoms with Crippen LogP contribution in [0.4, 0.5) is 5.00 Å². The summed E-state index contributed by atoms with van der Waals surface area (Å²) in [7, 11) is 0. The number of anilines is 1. The Bertz CT molecular complexity index is 946. The lowest BCUT2D eigenvalue weighted by Gasteiger charge is -2.12. The van der Waals surface area contributed by atoms with Gasteiger partial charge in [0.05, 0.1) is 12.2 Å². The van der Waals surface area contributed by atoms with Crippen LogP contribution >= 0.6 is 23.6 Å². The van der Waals surface area contributed by atoms with E-state index < -0.39 is 0 Å². The van der Waals surface area contributed by atoms with E-state index in [4.69, 9.17) is 17.0 Å². The fourth-order valence-corrected chi connectivity index (χ4v) is 4.76. The van der Waals surface area contributed by atoms with Crippen molar-refractivity contribution in [2.24, 2.45) is 0 Å². The average molecular weight is 429 g/mol. The Kier molecular flexibility index (Phi) is 7.17. The van der Waals surface area contributed by atoms with Gasteiger partial charge in [0.15, 0.2) is 5.11 Å². The Labute approximate surface area is 180 Å². The highest BCUT2D eigenvalue weighted by molar-refractivity contribution is 7.80. The lowest BCUT2D eigenvalue weighted by Crippen LogP contribution is -2.33. The third-order valence-electron chi connectivity index (χ3n) is 4.62. The summed E-state index contributed by atoms with van der Waals surface area (Å²) < 4.78 is 5.24. The van der Waals surface area contributed by atoms with E-state index >= 15 is 0 Å². The minimum atomic E-state index is -0.345. The van der Waals surface area contributed by atoms with E-state index in [9.17, 15) is 9.59 Å². The maximum Gasteiger partial charge on any atom is 0.341 e. The largest absolute Gasteiger partial charge is 0.462 e. The van der Waals surface area contributed by atoms with Gasteiger partial charge in [0.2, 0.25) is 5.91 Å². The maximum absolute atomic E-state index is 12.5. The van der Waals surface area contributed by atoms with Crippen LogP contribution in [0.25, 0.3) is 6.08 Å². The number of rotatable bonds is 5. The van der Waals surface area contributed by atoms with Crippen LogP contribution in [0.1, 0.15) is 51.7 Å². The van der Waals surface area contributed by atoms with E-state index in [-0.39, 0.29) is 17.0 Å². The highest BCUT2D eigenvalue weighted by Crippen LogP contribution is 2.38. The summed E-state index contributed by atoms with van der Waals surface area (Å²) in [4.78, 5) is 25.9. The number of hydrogen-bond acceptors (Lipinski definition) is 5. The number of amides is 1. The van der Waals surface area contributed by atoms with Gasteiger partial charge in [-0.3, -0.25) is 10.1 Å². The second-order valence-corrected chi connectivity index (χ2v) is 8.34. The molecule has 3 rings (SSSR count). The standard InChI is InChI=1S/C22H24N2O3S2/c1-3-27-21(26)19-16-6-4-5-7-17(16)29-20(19)24-22(28)23-18(25)13-12-15-10-8-14(2)9-11-15/h8-13H,3-7H2,1-2H3,(H2,23,24,25,28). The van der Waals surface area contributed by atoms with Crippen molar-refractivity contribution in [2.75, 3.05) is 11.9 Å². The SMILES string of the molecule is CCOC(=O)c1c(NC(=S)NC(=O)C=Cc2ccc(C)cc2)sc2c1CCCC2. The van der Waals surface area contributed by atoms with Gasteiger partial charge in [-0.2, -0.15) is 0 Å². The van der Waals surface area contributed by atoms with Gasteiger partial charge in [-0.15, -0.1) is 11.3 Å². The van der Waals surface area contributed by atoms with Crippen LogP contribution in [0.2, 0.25) is 0 Å². The fraction of sp³-hybridized carbons (Fsp3) is 0.318. The average Bonchev–Trinajstić information content (AvgIpc) is 3.05. The molecule has 0 unspecified atom stereocenters. The van der Waals surface area contributed by atoms with E-state index in [1.807, 2.05) is 31.2 Å². The van der Waals surface area contributed by atoms with Crippen molar-refractivity contribution in [1.29, 1.82) is 0 Å². The number of nitrogens with one attached hydrogen (secondary N) is 2. The van der Waals surface area contributed by atoms with Crippen molar-refractivity contribution in [1.82, 2.24) is 5.32 Å². The molecule has 0 saturated heterocycles. The Morgan fingerprint density at radius 3 is 2.66 bits per heavy atom. The Hall–Kier alpha value is -2.51. The molecule has 1 aliphatic carbocycles. The molecular formula is C22H24N2O3S2. The topological polar surface area (TPSA) is 67.4 Å². The van der Waals surface area contributed by atoms with Gasteiger partial charge in [-0.1, -0.05) is 29.8 Å². The molecule has 1 aromatic heterocycles. The summed E-state index contributed by atoms with van der Waals surface area (Å²) >= 11 is 6.80. The predicted molar refractivity (Wildman–Crippen MR) is 121 cm³/mol. The van der Waals surface area contributed by atoms with Crippen LogP contribution in [-0.4, -0.2) is 23.6 Å². The molecule has 1 amide bonds. The molecular weight excluding hydrogens is 404 g/mol. The van der Waals surface area contributed by atoms with Gasteiger partial charge >= 0.3 is 5.97 Å². The number of ether oxygens (including phenoxy) is 1. The molecule has 1 aliphatic rings. The number of carbonyl (C=O) groups is 2. The summed E-state index contributed by atoms with van der Waals surface area (Å²) in [5, 5.41) is 6.47. The Morgan fingerprint density at radius 2 is 1.93 bits per heavy atom. The second kappa shape index (κ2) is 9.80. The molecule has 0 fully saturated rings. The first-order valence-electron chi connectivity index (χ1n) is 9.66. The van der Waals surface area contributed by atoms with Crippen molar-refractivity contribution >= 4 is 51.6 Å². The van der Waals surface area contributed by atoms with Gasteiger partial charge < -0.3 is 10.1 Å². The third kappa shape index (κ3) is 5.52. The molecule has 7 heteroatoms. The number of aryl methyl sites for hydroxylation is 2. The zero-order valence-corrected chi connectivity index (χ0v) is 18.2. The minimum absolute atomic E-state index is 0.160. The van der Waals surface area contributed by atoms with Gasteiger partial charge in [-0.25, -0.2) is 4.79 Å². The van der Waals surface area contributed by atoms with Gasteiger partial charge in [0.25, 0.3) is 0 Å². The maximum atomic E-state index is 12.5. The molecule has 0 bridgehead atoms. The summed E-state index contributed by atoms with van der Waals surface area (Å²) in [5.41, 5.74) is 3.70. The van der Waals surface area contributed by atoms with Crippen molar-refractivity contribution in [3.05, 3.63) is 57.5 Å². The summed E-state index contributed by atoms with van der Waals surface area (Å²) in [6, 6.07) is 7.85. The molecule has 1 heterocycles. The number of carbonyl (C=O) groups excluding carboxylic acids is 2. The molecule has 2 aromatic rings. The monoisotopic (exact) mass is 428 g/mol. The van der Waals surface area contributed by atoms with Crippen molar-refractivity contribution in [3.63, 3.8) is 0 Å². The normalized spacial score (nSPS) is 13.0. The Morgan fingerprint density at radius 1 is 1.21 bits per heavy atom. The molecule has 0 aliphatic heterocycles. The van der Waals surface area contributed by atoms with Gasteiger partial charge in [0, 0.05) is 11.0 Å². The summed E-state index contributed by atoms with van der Waals surface area (Å²) in [6.07, 6.45) is 7.14. The van der Waals surface area contributed by atoms with Crippen LogP contribution in [0.5, 0.6) is 0 Å². The smallest absolute Gasteiger partial charge is 0.341 e. The molecule has 5 nitrogen and oxygen atoms in total.